The zero-order valence-corrected chi connectivity index (χ0v) is 21.3. The summed E-state index contributed by atoms with van der Waals surface area (Å²) in [5.41, 5.74) is 2.65. The van der Waals surface area contributed by atoms with Crippen LogP contribution in [0.1, 0.15) is 36.8 Å². The fourth-order valence-electron chi connectivity index (χ4n) is 5.04. The molecule has 1 aromatic heterocycles. The van der Waals surface area contributed by atoms with Crippen molar-refractivity contribution >= 4 is 34.5 Å². The number of likely N-dealkylation sites (tertiary alicyclic amines) is 2. The van der Waals surface area contributed by atoms with Crippen LogP contribution in [0.2, 0.25) is 10.0 Å². The first-order chi connectivity index (χ1) is 15.5. The van der Waals surface area contributed by atoms with Crippen LogP contribution in [0.3, 0.4) is 0 Å². The van der Waals surface area contributed by atoms with Crippen molar-refractivity contribution in [3.8, 4) is 0 Å². The maximum absolute atomic E-state index is 6.47. The highest BCUT2D eigenvalue weighted by molar-refractivity contribution is 7.08. The second-order valence-electron chi connectivity index (χ2n) is 9.23. The van der Waals surface area contributed by atoms with Crippen molar-refractivity contribution in [2.45, 2.75) is 38.5 Å². The van der Waals surface area contributed by atoms with Gasteiger partial charge in [0.15, 0.2) is 6.29 Å². The van der Waals surface area contributed by atoms with Crippen LogP contribution >= 0.6 is 34.5 Å². The summed E-state index contributed by atoms with van der Waals surface area (Å²) >= 11 is 14.4. The molecule has 3 heterocycles. The number of ether oxygens (including phenoxy) is 2. The predicted octanol–water partition coefficient (Wildman–Crippen LogP) is 5.99. The Morgan fingerprint density at radius 2 is 1.94 bits per heavy atom. The van der Waals surface area contributed by atoms with Gasteiger partial charge >= 0.3 is 0 Å². The van der Waals surface area contributed by atoms with Crippen LogP contribution in [0.4, 0.5) is 0 Å². The summed E-state index contributed by atoms with van der Waals surface area (Å²) in [5, 5.41) is 5.99. The molecule has 1 aromatic carbocycles. The van der Waals surface area contributed by atoms with Gasteiger partial charge in [0.1, 0.15) is 0 Å². The molecule has 2 saturated heterocycles. The standard InChI is InChI=1S/C25H34Cl2N2O2S/c1-18(30-2)31-16-19-5-8-28(9-6-19)13-22-14-29(15-24(22)21-7-10-32-17-21)12-20-3-4-23(26)11-25(20)27/h3-4,7,10-11,17-19,22,24H,5-6,8-9,12-16H2,1-2H3/t18?,22-,24+/m0/s1. The number of methoxy groups -OCH3 is 1. The minimum Gasteiger partial charge on any atom is -0.356 e. The number of nitrogens with zero attached hydrogens (tertiary/aromatic N) is 2. The SMILES string of the molecule is COC(C)OCC1CCN(C[C@H]2CN(Cc3ccc(Cl)cc3Cl)C[C@@H]2c2ccsc2)CC1. The van der Waals surface area contributed by atoms with Gasteiger partial charge in [0.25, 0.3) is 0 Å². The minimum atomic E-state index is -0.113. The first-order valence-corrected chi connectivity index (χ1v) is 13.3. The number of hydrogen-bond donors (Lipinski definition) is 0. The lowest BCUT2D eigenvalue weighted by Crippen LogP contribution is -2.39. The second-order valence-corrected chi connectivity index (χ2v) is 10.9. The van der Waals surface area contributed by atoms with Crippen LogP contribution in [-0.4, -0.2) is 62.5 Å². The Hall–Kier alpha value is -0.660. The molecule has 0 bridgehead atoms. The summed E-state index contributed by atoms with van der Waals surface area (Å²) < 4.78 is 11.0. The molecule has 7 heteroatoms. The lowest BCUT2D eigenvalue weighted by molar-refractivity contribution is -0.123. The van der Waals surface area contributed by atoms with Crippen molar-refractivity contribution in [1.29, 1.82) is 0 Å². The second kappa shape index (κ2) is 11.7. The third-order valence-corrected chi connectivity index (χ3v) is 8.28. The molecule has 4 rings (SSSR count). The van der Waals surface area contributed by atoms with E-state index in [0.717, 1.165) is 56.5 Å². The van der Waals surface area contributed by atoms with Crippen LogP contribution in [0, 0.1) is 11.8 Å². The molecule has 2 aliphatic rings. The molecule has 0 spiro atoms. The fraction of sp³-hybridized carbons (Fsp3) is 0.600. The van der Waals surface area contributed by atoms with Crippen LogP contribution in [0.15, 0.2) is 35.0 Å². The lowest BCUT2D eigenvalue weighted by Gasteiger charge is -2.34. The topological polar surface area (TPSA) is 24.9 Å². The Balaban J connectivity index is 1.34. The molecule has 2 aliphatic heterocycles. The molecule has 4 nitrogen and oxygen atoms in total. The van der Waals surface area contributed by atoms with Gasteiger partial charge in [-0.25, -0.2) is 0 Å². The Kier molecular flexibility index (Phi) is 8.91. The zero-order chi connectivity index (χ0) is 22.5. The van der Waals surface area contributed by atoms with E-state index in [-0.39, 0.29) is 6.29 Å². The maximum atomic E-state index is 6.47. The first-order valence-electron chi connectivity index (χ1n) is 11.6. The molecule has 1 unspecified atom stereocenters. The quantitative estimate of drug-likeness (QED) is 0.398. The number of halogens is 2. The largest absolute Gasteiger partial charge is 0.356 e. The third kappa shape index (κ3) is 6.47. The number of rotatable bonds is 9. The molecule has 0 N–H and O–H groups in total. The Morgan fingerprint density at radius 3 is 2.62 bits per heavy atom. The first kappa shape index (κ1) is 24.5. The van der Waals surface area contributed by atoms with Crippen molar-refractivity contribution in [2.24, 2.45) is 11.8 Å². The summed E-state index contributed by atoms with van der Waals surface area (Å²) in [7, 11) is 1.70. The number of hydrogen-bond acceptors (Lipinski definition) is 5. The van der Waals surface area contributed by atoms with E-state index in [2.05, 4.69) is 32.7 Å². The Bertz CT molecular complexity index is 842. The highest BCUT2D eigenvalue weighted by Gasteiger charge is 2.36. The van der Waals surface area contributed by atoms with Crippen LogP contribution in [-0.2, 0) is 16.0 Å². The van der Waals surface area contributed by atoms with Gasteiger partial charge in [-0.15, -0.1) is 0 Å². The highest BCUT2D eigenvalue weighted by Crippen LogP contribution is 2.36. The lowest BCUT2D eigenvalue weighted by atomic mass is 9.89. The summed E-state index contributed by atoms with van der Waals surface area (Å²) in [6, 6.07) is 8.16. The van der Waals surface area contributed by atoms with Gasteiger partial charge in [-0.1, -0.05) is 29.3 Å². The molecule has 2 fully saturated rings. The van der Waals surface area contributed by atoms with Crippen LogP contribution in [0.25, 0.3) is 0 Å². The van der Waals surface area contributed by atoms with E-state index in [1.165, 1.54) is 18.4 Å². The van der Waals surface area contributed by atoms with Gasteiger partial charge in [-0.2, -0.15) is 11.3 Å². The van der Waals surface area contributed by atoms with E-state index < -0.39 is 0 Å². The van der Waals surface area contributed by atoms with Crippen molar-refractivity contribution in [2.75, 3.05) is 46.4 Å². The predicted molar refractivity (Wildman–Crippen MR) is 134 cm³/mol. The minimum absolute atomic E-state index is 0.113. The van der Waals surface area contributed by atoms with Crippen molar-refractivity contribution < 1.29 is 9.47 Å². The van der Waals surface area contributed by atoms with Gasteiger partial charge in [0.2, 0.25) is 0 Å². The molecule has 32 heavy (non-hydrogen) atoms. The van der Waals surface area contributed by atoms with Crippen LogP contribution in [0.5, 0.6) is 0 Å². The number of benzene rings is 1. The Morgan fingerprint density at radius 1 is 1.12 bits per heavy atom. The van der Waals surface area contributed by atoms with Gasteiger partial charge < -0.3 is 14.4 Å². The van der Waals surface area contributed by atoms with E-state index in [1.54, 1.807) is 18.4 Å². The molecule has 3 atom stereocenters. The van der Waals surface area contributed by atoms with E-state index in [1.807, 2.05) is 19.1 Å². The number of thiophene rings is 1. The molecule has 0 saturated carbocycles. The van der Waals surface area contributed by atoms with Crippen molar-refractivity contribution in [3.63, 3.8) is 0 Å². The molecule has 0 amide bonds. The molecule has 2 aromatic rings. The average Bonchev–Trinajstić information content (AvgIpc) is 3.45. The summed E-state index contributed by atoms with van der Waals surface area (Å²) in [4.78, 5) is 5.23. The van der Waals surface area contributed by atoms with Gasteiger partial charge in [0, 0.05) is 49.3 Å². The van der Waals surface area contributed by atoms with E-state index in [4.69, 9.17) is 32.7 Å². The summed E-state index contributed by atoms with van der Waals surface area (Å²) in [6.45, 7) is 9.31. The Labute approximate surface area is 206 Å². The molecular formula is C25H34Cl2N2O2S. The van der Waals surface area contributed by atoms with Crippen molar-refractivity contribution in [3.05, 3.63) is 56.2 Å². The van der Waals surface area contributed by atoms with Gasteiger partial charge in [-0.05, 0) is 84.8 Å². The summed E-state index contributed by atoms with van der Waals surface area (Å²) in [6.07, 6.45) is 2.30. The van der Waals surface area contributed by atoms with E-state index >= 15 is 0 Å². The molecular weight excluding hydrogens is 463 g/mol. The maximum Gasteiger partial charge on any atom is 0.154 e. The molecule has 176 valence electrons. The van der Waals surface area contributed by atoms with E-state index in [9.17, 15) is 0 Å². The highest BCUT2D eigenvalue weighted by atomic mass is 35.5. The summed E-state index contributed by atoms with van der Waals surface area (Å²) in [5.74, 6) is 1.86. The van der Waals surface area contributed by atoms with Gasteiger partial charge in [0.05, 0.1) is 6.61 Å². The monoisotopic (exact) mass is 496 g/mol. The average molecular weight is 498 g/mol. The smallest absolute Gasteiger partial charge is 0.154 e. The van der Waals surface area contributed by atoms with Gasteiger partial charge in [-0.3, -0.25) is 4.90 Å². The van der Waals surface area contributed by atoms with Crippen molar-refractivity contribution in [1.82, 2.24) is 9.80 Å². The number of piperidine rings is 1. The van der Waals surface area contributed by atoms with E-state index in [0.29, 0.717) is 22.8 Å². The fourth-order valence-corrected chi connectivity index (χ4v) is 6.23. The normalized spacial score (nSPS) is 24.2. The third-order valence-electron chi connectivity index (χ3n) is 7.00. The molecule has 0 radical (unpaired) electrons. The molecule has 0 aliphatic carbocycles. The zero-order valence-electron chi connectivity index (χ0n) is 19.0. The van der Waals surface area contributed by atoms with Crippen LogP contribution < -0.4 is 0 Å².